The molecule has 0 aliphatic rings. The highest BCUT2D eigenvalue weighted by molar-refractivity contribution is 5.30. The van der Waals surface area contributed by atoms with Gasteiger partial charge in [-0.2, -0.15) is 4.98 Å². The van der Waals surface area contributed by atoms with Crippen molar-refractivity contribution in [2.24, 2.45) is 0 Å². The van der Waals surface area contributed by atoms with Crippen LogP contribution in [0.3, 0.4) is 0 Å². The van der Waals surface area contributed by atoms with Gasteiger partial charge in [0.25, 0.3) is 0 Å². The fourth-order valence-corrected chi connectivity index (χ4v) is 1.85. The predicted octanol–water partition coefficient (Wildman–Crippen LogP) is 2.88. The van der Waals surface area contributed by atoms with Crippen molar-refractivity contribution in [2.75, 3.05) is 7.05 Å². The van der Waals surface area contributed by atoms with Crippen molar-refractivity contribution in [3.05, 3.63) is 41.5 Å². The van der Waals surface area contributed by atoms with E-state index in [-0.39, 0.29) is 0 Å². The molecule has 0 aliphatic heterocycles. The first-order valence-electron chi connectivity index (χ1n) is 6.94. The summed E-state index contributed by atoms with van der Waals surface area (Å²) in [5, 5.41) is 7.10. The Labute approximate surface area is 119 Å². The van der Waals surface area contributed by atoms with Crippen molar-refractivity contribution < 1.29 is 9.26 Å². The SMILES string of the molecule is CCCc1nc(COc2cccc(C(C)NC)c2)no1. The van der Waals surface area contributed by atoms with Crippen LogP contribution in [0.25, 0.3) is 0 Å². The van der Waals surface area contributed by atoms with Crippen molar-refractivity contribution >= 4 is 0 Å². The smallest absolute Gasteiger partial charge is 0.226 e. The Kier molecular flexibility index (Phi) is 5.12. The fourth-order valence-electron chi connectivity index (χ4n) is 1.85. The minimum absolute atomic E-state index is 0.292. The van der Waals surface area contributed by atoms with Gasteiger partial charge in [0.05, 0.1) is 0 Å². The first-order valence-corrected chi connectivity index (χ1v) is 6.94. The maximum absolute atomic E-state index is 5.71. The molecule has 2 aromatic rings. The number of aryl methyl sites for hydroxylation is 1. The van der Waals surface area contributed by atoms with Crippen molar-refractivity contribution in [1.82, 2.24) is 15.5 Å². The summed E-state index contributed by atoms with van der Waals surface area (Å²) in [6.07, 6.45) is 1.80. The third-order valence-electron chi connectivity index (χ3n) is 3.13. The first-order chi connectivity index (χ1) is 9.72. The molecule has 1 N–H and O–H groups in total. The van der Waals surface area contributed by atoms with Gasteiger partial charge in [-0.25, -0.2) is 0 Å². The van der Waals surface area contributed by atoms with Gasteiger partial charge < -0.3 is 14.6 Å². The summed E-state index contributed by atoms with van der Waals surface area (Å²) in [4.78, 5) is 4.27. The van der Waals surface area contributed by atoms with Crippen LogP contribution in [0.1, 0.15) is 43.6 Å². The Morgan fingerprint density at radius 1 is 1.40 bits per heavy atom. The minimum Gasteiger partial charge on any atom is -0.485 e. The van der Waals surface area contributed by atoms with Gasteiger partial charge in [0.2, 0.25) is 11.7 Å². The zero-order valence-electron chi connectivity index (χ0n) is 12.2. The van der Waals surface area contributed by atoms with E-state index in [1.165, 1.54) is 5.56 Å². The second-order valence-corrected chi connectivity index (χ2v) is 4.73. The van der Waals surface area contributed by atoms with Gasteiger partial charge in [-0.3, -0.25) is 0 Å². The van der Waals surface area contributed by atoms with Crippen molar-refractivity contribution in [3.63, 3.8) is 0 Å². The molecule has 0 fully saturated rings. The summed E-state index contributed by atoms with van der Waals surface area (Å²) in [6, 6.07) is 8.30. The van der Waals surface area contributed by atoms with Crippen LogP contribution < -0.4 is 10.1 Å². The van der Waals surface area contributed by atoms with Gasteiger partial charge in [-0.15, -0.1) is 0 Å². The molecule has 0 saturated heterocycles. The van der Waals surface area contributed by atoms with E-state index >= 15 is 0 Å². The summed E-state index contributed by atoms with van der Waals surface area (Å²) in [5.74, 6) is 2.07. The molecule has 1 heterocycles. The van der Waals surface area contributed by atoms with Gasteiger partial charge >= 0.3 is 0 Å². The second kappa shape index (κ2) is 7.05. The van der Waals surface area contributed by atoms with Gasteiger partial charge in [0.1, 0.15) is 5.75 Å². The molecule has 108 valence electrons. The topological polar surface area (TPSA) is 60.2 Å². The van der Waals surface area contributed by atoms with Crippen LogP contribution in [0, 0.1) is 0 Å². The van der Waals surface area contributed by atoms with Crippen LogP contribution in [0.2, 0.25) is 0 Å². The van der Waals surface area contributed by atoms with Gasteiger partial charge in [0, 0.05) is 12.5 Å². The van der Waals surface area contributed by atoms with E-state index in [1.807, 2.05) is 25.2 Å². The molecule has 1 atom stereocenters. The molecule has 1 unspecified atom stereocenters. The fraction of sp³-hybridized carbons (Fsp3) is 0.467. The Morgan fingerprint density at radius 2 is 2.25 bits per heavy atom. The molecular weight excluding hydrogens is 254 g/mol. The third kappa shape index (κ3) is 3.81. The van der Waals surface area contributed by atoms with Crippen LogP contribution in [0.4, 0.5) is 0 Å². The highest BCUT2D eigenvalue weighted by Crippen LogP contribution is 2.19. The number of hydrogen-bond acceptors (Lipinski definition) is 5. The van der Waals surface area contributed by atoms with Crippen LogP contribution in [-0.2, 0) is 13.0 Å². The molecule has 2 rings (SSSR count). The van der Waals surface area contributed by atoms with Crippen LogP contribution >= 0.6 is 0 Å². The number of ether oxygens (including phenoxy) is 1. The summed E-state index contributed by atoms with van der Waals surface area (Å²) < 4.78 is 10.8. The zero-order chi connectivity index (χ0) is 14.4. The summed E-state index contributed by atoms with van der Waals surface area (Å²) in [6.45, 7) is 4.51. The van der Waals surface area contributed by atoms with E-state index in [0.717, 1.165) is 18.6 Å². The molecule has 5 heteroatoms. The van der Waals surface area contributed by atoms with E-state index in [4.69, 9.17) is 9.26 Å². The molecule has 20 heavy (non-hydrogen) atoms. The van der Waals surface area contributed by atoms with E-state index in [9.17, 15) is 0 Å². The number of benzene rings is 1. The normalized spacial score (nSPS) is 12.3. The lowest BCUT2D eigenvalue weighted by Gasteiger charge is -2.12. The van der Waals surface area contributed by atoms with E-state index in [2.05, 4.69) is 35.4 Å². The molecule has 1 aromatic heterocycles. The van der Waals surface area contributed by atoms with Crippen molar-refractivity contribution in [2.45, 2.75) is 39.3 Å². The van der Waals surface area contributed by atoms with E-state index in [1.54, 1.807) is 0 Å². The maximum atomic E-state index is 5.71. The number of nitrogens with zero attached hydrogens (tertiary/aromatic N) is 2. The monoisotopic (exact) mass is 275 g/mol. The second-order valence-electron chi connectivity index (χ2n) is 4.73. The molecule has 0 bridgehead atoms. The summed E-state index contributed by atoms with van der Waals surface area (Å²) in [7, 11) is 1.94. The van der Waals surface area contributed by atoms with E-state index in [0.29, 0.717) is 24.4 Å². The van der Waals surface area contributed by atoms with Gasteiger partial charge in [-0.1, -0.05) is 24.2 Å². The lowest BCUT2D eigenvalue weighted by Crippen LogP contribution is -2.12. The Morgan fingerprint density at radius 3 is 3.00 bits per heavy atom. The number of rotatable bonds is 7. The number of nitrogens with one attached hydrogen (secondary N) is 1. The molecule has 5 nitrogen and oxygen atoms in total. The van der Waals surface area contributed by atoms with Crippen LogP contribution in [0.5, 0.6) is 5.75 Å². The molecule has 0 spiro atoms. The highest BCUT2D eigenvalue weighted by Gasteiger charge is 2.07. The molecule has 1 aromatic carbocycles. The number of hydrogen-bond donors (Lipinski definition) is 1. The molecule has 0 saturated carbocycles. The third-order valence-corrected chi connectivity index (χ3v) is 3.13. The largest absolute Gasteiger partial charge is 0.485 e. The number of aromatic nitrogens is 2. The highest BCUT2D eigenvalue weighted by atomic mass is 16.5. The zero-order valence-corrected chi connectivity index (χ0v) is 12.2. The molecule has 0 aliphatic carbocycles. The van der Waals surface area contributed by atoms with Crippen LogP contribution in [0.15, 0.2) is 28.8 Å². The average molecular weight is 275 g/mol. The standard InChI is InChI=1S/C15H21N3O2/c1-4-6-15-17-14(18-20-15)10-19-13-8-5-7-12(9-13)11(2)16-3/h5,7-9,11,16H,4,6,10H2,1-3H3. The van der Waals surface area contributed by atoms with Crippen molar-refractivity contribution in [1.29, 1.82) is 0 Å². The molecule has 0 amide bonds. The summed E-state index contributed by atoms with van der Waals surface area (Å²) >= 11 is 0. The molecule has 0 radical (unpaired) electrons. The Hall–Kier alpha value is -1.88. The van der Waals surface area contributed by atoms with Crippen LogP contribution in [-0.4, -0.2) is 17.2 Å². The average Bonchev–Trinajstić information content (AvgIpc) is 2.93. The molecular formula is C15H21N3O2. The minimum atomic E-state index is 0.292. The van der Waals surface area contributed by atoms with Crippen molar-refractivity contribution in [3.8, 4) is 5.75 Å². The Balaban J connectivity index is 1.96. The predicted molar refractivity (Wildman–Crippen MR) is 76.5 cm³/mol. The first kappa shape index (κ1) is 14.5. The van der Waals surface area contributed by atoms with E-state index < -0.39 is 0 Å². The maximum Gasteiger partial charge on any atom is 0.226 e. The van der Waals surface area contributed by atoms with Gasteiger partial charge in [-0.05, 0) is 38.1 Å². The summed E-state index contributed by atoms with van der Waals surface area (Å²) in [5.41, 5.74) is 1.18. The lowest BCUT2D eigenvalue weighted by molar-refractivity contribution is 0.284. The van der Waals surface area contributed by atoms with Gasteiger partial charge in [0.15, 0.2) is 6.61 Å². The Bertz CT molecular complexity index is 539. The quantitative estimate of drug-likeness (QED) is 0.842. The lowest BCUT2D eigenvalue weighted by atomic mass is 10.1.